The summed E-state index contributed by atoms with van der Waals surface area (Å²) in [6.07, 6.45) is -5.42. The number of ether oxygens (including phenoxy) is 1. The Morgan fingerprint density at radius 2 is 1.72 bits per heavy atom. The van der Waals surface area contributed by atoms with Gasteiger partial charge in [0, 0.05) is 0 Å². The number of nitrogens with zero attached hydrogens (tertiary/aromatic N) is 4. The lowest BCUT2D eigenvalue weighted by molar-refractivity contribution is -0.233. The van der Waals surface area contributed by atoms with Crippen molar-refractivity contribution in [3.8, 4) is 0 Å². The van der Waals surface area contributed by atoms with Crippen LogP contribution in [0.15, 0.2) is 24.3 Å². The van der Waals surface area contributed by atoms with Gasteiger partial charge >= 0.3 is 0 Å². The molecule has 1 aromatic carbocycles. The molecule has 2 heterocycles. The normalized spacial score (nSPS) is 29.7. The van der Waals surface area contributed by atoms with Crippen LogP contribution in [-0.2, 0) is 17.7 Å². The fourth-order valence-electron chi connectivity index (χ4n) is 2.80. The van der Waals surface area contributed by atoms with Crippen LogP contribution in [0.5, 0.6) is 0 Å². The Morgan fingerprint density at radius 1 is 1.04 bits per heavy atom. The van der Waals surface area contributed by atoms with Gasteiger partial charge in [0.1, 0.15) is 30.5 Å². The van der Waals surface area contributed by atoms with Gasteiger partial charge in [-0.05, 0) is 22.8 Å². The minimum atomic E-state index is -1.47. The molecule has 0 aliphatic carbocycles. The van der Waals surface area contributed by atoms with Crippen LogP contribution < -0.4 is 0 Å². The number of benzene rings is 1. The largest absolute Gasteiger partial charge is 0.394 e. The van der Waals surface area contributed by atoms with Crippen LogP contribution in [0.25, 0.3) is 0 Å². The van der Waals surface area contributed by atoms with E-state index in [1.54, 1.807) is 0 Å². The fraction of sp³-hybridized carbons (Fsp3) is 0.562. The second-order valence-corrected chi connectivity index (χ2v) is 6.10. The van der Waals surface area contributed by atoms with Gasteiger partial charge in [-0.1, -0.05) is 31.2 Å². The van der Waals surface area contributed by atoms with E-state index in [0.717, 1.165) is 12.0 Å². The first-order valence-corrected chi connectivity index (χ1v) is 8.19. The molecule has 4 N–H and O–H groups in total. The van der Waals surface area contributed by atoms with E-state index in [0.29, 0.717) is 6.54 Å². The smallest absolute Gasteiger partial charge is 0.206 e. The number of aliphatic hydroxyl groups is 4. The molecule has 0 unspecified atom stereocenters. The summed E-state index contributed by atoms with van der Waals surface area (Å²) in [5.41, 5.74) is 2.23. The first kappa shape index (κ1) is 17.9. The maximum atomic E-state index is 10.1. The number of hydrogen-bond acceptors (Lipinski definition) is 8. The Balaban J connectivity index is 1.73. The zero-order valence-electron chi connectivity index (χ0n) is 13.8. The molecule has 0 bridgehead atoms. The second kappa shape index (κ2) is 7.54. The third-order valence-electron chi connectivity index (χ3n) is 4.37. The van der Waals surface area contributed by atoms with E-state index in [9.17, 15) is 20.4 Å². The van der Waals surface area contributed by atoms with Crippen molar-refractivity contribution in [2.45, 2.75) is 50.4 Å². The number of rotatable bonds is 5. The van der Waals surface area contributed by atoms with Crippen LogP contribution in [0.4, 0.5) is 0 Å². The van der Waals surface area contributed by atoms with E-state index in [1.165, 1.54) is 10.4 Å². The molecular formula is C16H22N4O5. The van der Waals surface area contributed by atoms with Gasteiger partial charge in [-0.15, -0.1) is 10.2 Å². The maximum absolute atomic E-state index is 10.1. The highest BCUT2D eigenvalue weighted by Gasteiger charge is 2.45. The monoisotopic (exact) mass is 350 g/mol. The topological polar surface area (TPSA) is 134 Å². The fourth-order valence-corrected chi connectivity index (χ4v) is 2.80. The molecular weight excluding hydrogens is 328 g/mol. The average molecular weight is 350 g/mol. The highest BCUT2D eigenvalue weighted by atomic mass is 16.5. The third-order valence-corrected chi connectivity index (χ3v) is 4.37. The Labute approximate surface area is 144 Å². The summed E-state index contributed by atoms with van der Waals surface area (Å²) in [6.45, 7) is 1.98. The molecule has 1 aliphatic rings. The van der Waals surface area contributed by atoms with E-state index in [4.69, 9.17) is 4.74 Å². The highest BCUT2D eigenvalue weighted by Crippen LogP contribution is 2.30. The van der Waals surface area contributed by atoms with E-state index in [-0.39, 0.29) is 5.82 Å². The molecule has 136 valence electrons. The van der Waals surface area contributed by atoms with Gasteiger partial charge < -0.3 is 25.2 Å². The van der Waals surface area contributed by atoms with Gasteiger partial charge in [-0.2, -0.15) is 4.80 Å². The minimum absolute atomic E-state index is 0.0853. The number of hydrogen-bond donors (Lipinski definition) is 4. The standard InChI is InChI=1S/C16H22N4O5/c1-2-9-3-5-10(6-4-9)7-20-18-16(17-19-20)15-14(24)13(23)12(22)11(8-21)25-15/h3-6,11-15,21-24H,2,7-8H2,1H3/t11-,12-,13+,14-,15-/m1/s1. The van der Waals surface area contributed by atoms with Crippen LogP contribution in [-0.4, -0.2) is 71.7 Å². The Hall–Kier alpha value is -1.91. The molecule has 9 heteroatoms. The molecule has 5 atom stereocenters. The van der Waals surface area contributed by atoms with E-state index in [2.05, 4.69) is 22.3 Å². The van der Waals surface area contributed by atoms with Crippen LogP contribution in [0, 0.1) is 0 Å². The van der Waals surface area contributed by atoms with E-state index >= 15 is 0 Å². The molecule has 25 heavy (non-hydrogen) atoms. The predicted octanol–water partition coefficient (Wildman–Crippen LogP) is -1.20. The van der Waals surface area contributed by atoms with Crippen molar-refractivity contribution in [3.05, 3.63) is 41.2 Å². The van der Waals surface area contributed by atoms with Crippen molar-refractivity contribution in [2.24, 2.45) is 0 Å². The lowest BCUT2D eigenvalue weighted by atomic mass is 9.95. The van der Waals surface area contributed by atoms with Crippen molar-refractivity contribution in [2.75, 3.05) is 6.61 Å². The van der Waals surface area contributed by atoms with Crippen LogP contribution in [0.3, 0.4) is 0 Å². The summed E-state index contributed by atoms with van der Waals surface area (Å²) in [5, 5.41) is 51.0. The lowest BCUT2D eigenvalue weighted by Gasteiger charge is -2.38. The van der Waals surface area contributed by atoms with Crippen LogP contribution in [0.2, 0.25) is 0 Å². The second-order valence-electron chi connectivity index (χ2n) is 6.10. The van der Waals surface area contributed by atoms with Crippen LogP contribution in [0.1, 0.15) is 30.0 Å². The quantitative estimate of drug-likeness (QED) is 0.528. The van der Waals surface area contributed by atoms with Crippen molar-refractivity contribution < 1.29 is 25.2 Å². The van der Waals surface area contributed by atoms with E-state index < -0.39 is 37.1 Å². The van der Waals surface area contributed by atoms with E-state index in [1.807, 2.05) is 24.3 Å². The average Bonchev–Trinajstić information content (AvgIpc) is 3.09. The van der Waals surface area contributed by atoms with Gasteiger partial charge in [0.05, 0.1) is 13.2 Å². The number of aryl methyl sites for hydroxylation is 1. The van der Waals surface area contributed by atoms with Crippen molar-refractivity contribution in [1.29, 1.82) is 0 Å². The van der Waals surface area contributed by atoms with Crippen molar-refractivity contribution >= 4 is 0 Å². The minimum Gasteiger partial charge on any atom is -0.394 e. The molecule has 1 aromatic heterocycles. The Bertz CT molecular complexity index is 690. The third kappa shape index (κ3) is 3.70. The summed E-state index contributed by atoms with van der Waals surface area (Å²) in [5.74, 6) is 0.0853. The lowest BCUT2D eigenvalue weighted by Crippen LogP contribution is -2.55. The van der Waals surface area contributed by atoms with Gasteiger partial charge in [-0.3, -0.25) is 0 Å². The van der Waals surface area contributed by atoms with Gasteiger partial charge in [0.15, 0.2) is 0 Å². The zero-order valence-corrected chi connectivity index (χ0v) is 13.8. The maximum Gasteiger partial charge on any atom is 0.206 e. The first-order chi connectivity index (χ1) is 12.0. The van der Waals surface area contributed by atoms with Gasteiger partial charge in [0.25, 0.3) is 0 Å². The molecule has 1 saturated heterocycles. The Morgan fingerprint density at radius 3 is 2.36 bits per heavy atom. The molecule has 3 rings (SSSR count). The number of aliphatic hydroxyl groups excluding tert-OH is 4. The van der Waals surface area contributed by atoms with Crippen LogP contribution >= 0.6 is 0 Å². The molecule has 0 amide bonds. The molecule has 9 nitrogen and oxygen atoms in total. The first-order valence-electron chi connectivity index (χ1n) is 8.19. The molecule has 0 saturated carbocycles. The number of tetrazole rings is 1. The van der Waals surface area contributed by atoms with Crippen molar-refractivity contribution in [3.63, 3.8) is 0 Å². The van der Waals surface area contributed by atoms with Gasteiger partial charge in [-0.25, -0.2) is 0 Å². The summed E-state index contributed by atoms with van der Waals surface area (Å²) in [6, 6.07) is 8.03. The highest BCUT2D eigenvalue weighted by molar-refractivity contribution is 5.22. The summed E-state index contributed by atoms with van der Waals surface area (Å²) >= 11 is 0. The molecule has 0 spiro atoms. The number of aromatic nitrogens is 4. The van der Waals surface area contributed by atoms with Gasteiger partial charge in [0.2, 0.25) is 5.82 Å². The zero-order chi connectivity index (χ0) is 18.0. The SMILES string of the molecule is CCc1ccc(Cn2nnc([C@@H]3O[C@H](CO)[C@@H](O)[C@H](O)[C@H]3O)n2)cc1. The summed E-state index contributed by atoms with van der Waals surface area (Å²) in [7, 11) is 0. The molecule has 1 fully saturated rings. The van der Waals surface area contributed by atoms with Crippen molar-refractivity contribution in [1.82, 2.24) is 20.2 Å². The summed E-state index contributed by atoms with van der Waals surface area (Å²) in [4.78, 5) is 1.36. The molecule has 1 aliphatic heterocycles. The predicted molar refractivity (Wildman–Crippen MR) is 85.5 cm³/mol. The Kier molecular flexibility index (Phi) is 5.40. The molecule has 2 aromatic rings. The molecule has 0 radical (unpaired) electrons. The summed E-state index contributed by atoms with van der Waals surface area (Å²) < 4.78 is 5.42.